The Morgan fingerprint density at radius 3 is 2.48 bits per heavy atom. The lowest BCUT2D eigenvalue weighted by Crippen LogP contribution is -2.35. The zero-order valence-electron chi connectivity index (χ0n) is 25.8. The number of nitrogens with one attached hydrogen (secondary N) is 1. The van der Waals surface area contributed by atoms with Crippen molar-refractivity contribution in [2.45, 2.75) is 64.6 Å². The number of nitrogens with zero attached hydrogens (tertiary/aromatic N) is 2. The molecule has 6 rings (SSSR count). The van der Waals surface area contributed by atoms with Gasteiger partial charge in [-0.3, -0.25) is 9.59 Å². The van der Waals surface area contributed by atoms with Crippen LogP contribution in [0.5, 0.6) is 0 Å². The van der Waals surface area contributed by atoms with Crippen LogP contribution in [0.15, 0.2) is 103 Å². The summed E-state index contributed by atoms with van der Waals surface area (Å²) in [5.74, 6) is -0.851. The molecular formula is C37H37N3O6. The van der Waals surface area contributed by atoms with Gasteiger partial charge in [-0.05, 0) is 59.0 Å². The van der Waals surface area contributed by atoms with E-state index in [1.807, 2.05) is 91.3 Å². The molecule has 0 aliphatic carbocycles. The molecule has 2 heterocycles. The normalized spacial score (nSPS) is 18.6. The number of benzene rings is 4. The molecule has 0 radical (unpaired) electrons. The van der Waals surface area contributed by atoms with Crippen molar-refractivity contribution in [3.63, 3.8) is 0 Å². The van der Waals surface area contributed by atoms with Crippen LogP contribution in [0.3, 0.4) is 0 Å². The van der Waals surface area contributed by atoms with Crippen molar-refractivity contribution in [1.82, 2.24) is 14.9 Å². The minimum absolute atomic E-state index is 0.0123. The molecule has 1 aliphatic rings. The number of ether oxygens (including phenoxy) is 3. The van der Waals surface area contributed by atoms with Crippen LogP contribution in [0.1, 0.15) is 54.9 Å². The minimum Gasteiger partial charge on any atom is -0.453 e. The molecule has 1 fully saturated rings. The number of aliphatic hydroxyl groups is 1. The average Bonchev–Trinajstić information content (AvgIpc) is 3.49. The second-order valence-electron chi connectivity index (χ2n) is 11.5. The van der Waals surface area contributed by atoms with E-state index in [4.69, 9.17) is 14.2 Å². The predicted octanol–water partition coefficient (Wildman–Crippen LogP) is 6.01. The molecule has 4 aromatic carbocycles. The first kappa shape index (κ1) is 31.2. The van der Waals surface area contributed by atoms with Crippen LogP contribution in [-0.4, -0.2) is 38.7 Å². The summed E-state index contributed by atoms with van der Waals surface area (Å²) >= 11 is 0. The van der Waals surface area contributed by atoms with Crippen LogP contribution in [0.25, 0.3) is 22.2 Å². The number of carbonyl (C=O) groups is 2. The van der Waals surface area contributed by atoms with E-state index >= 15 is 0 Å². The fourth-order valence-electron chi connectivity index (χ4n) is 5.77. The standard InChI is InChI=1S/C37H37N3O6/c1-24(44-25(2)42)36(43)38-20-27-7-5-8-29(17-27)30-9-6-10-31(18-30)37-45-32(21-40-23-39-33-11-3-4-12-34(33)40)19-35(46-37)28-15-13-26(22-41)14-16-28/h3-18,23-24,32,35,37,41H,19-22H2,1-2H3,(H,38,43). The molecule has 4 unspecified atom stereocenters. The van der Waals surface area contributed by atoms with Gasteiger partial charge < -0.3 is 29.2 Å². The minimum atomic E-state index is -0.861. The number of para-hydroxylation sites is 2. The van der Waals surface area contributed by atoms with Crippen LogP contribution in [0.4, 0.5) is 0 Å². The van der Waals surface area contributed by atoms with E-state index < -0.39 is 18.4 Å². The largest absolute Gasteiger partial charge is 0.453 e. The van der Waals surface area contributed by atoms with Crippen molar-refractivity contribution in [1.29, 1.82) is 0 Å². The highest BCUT2D eigenvalue weighted by atomic mass is 16.7. The monoisotopic (exact) mass is 619 g/mol. The number of aromatic nitrogens is 2. The number of amides is 1. The Morgan fingerprint density at radius 2 is 1.70 bits per heavy atom. The van der Waals surface area contributed by atoms with Gasteiger partial charge in [0.15, 0.2) is 12.4 Å². The second kappa shape index (κ2) is 14.1. The van der Waals surface area contributed by atoms with Crippen molar-refractivity contribution in [3.8, 4) is 11.1 Å². The zero-order valence-corrected chi connectivity index (χ0v) is 25.8. The summed E-state index contributed by atoms with van der Waals surface area (Å²) in [6.45, 7) is 3.73. The fourth-order valence-corrected chi connectivity index (χ4v) is 5.77. The number of esters is 1. The summed E-state index contributed by atoms with van der Waals surface area (Å²) < 4.78 is 20.3. The van der Waals surface area contributed by atoms with Gasteiger partial charge in [0.1, 0.15) is 0 Å². The van der Waals surface area contributed by atoms with E-state index in [2.05, 4.69) is 27.0 Å². The Hall–Kier alpha value is -4.83. The van der Waals surface area contributed by atoms with E-state index in [0.29, 0.717) is 19.5 Å². The summed E-state index contributed by atoms with van der Waals surface area (Å²) in [5.41, 5.74) is 7.64. The number of hydrogen-bond donors (Lipinski definition) is 2. The van der Waals surface area contributed by atoms with E-state index in [-0.39, 0.29) is 24.7 Å². The van der Waals surface area contributed by atoms with Crippen molar-refractivity contribution in [2.75, 3.05) is 0 Å². The second-order valence-corrected chi connectivity index (χ2v) is 11.5. The highest BCUT2D eigenvalue weighted by Gasteiger charge is 2.33. The maximum atomic E-state index is 12.3. The van der Waals surface area contributed by atoms with Crippen LogP contribution in [0, 0.1) is 0 Å². The molecule has 9 heteroatoms. The van der Waals surface area contributed by atoms with Gasteiger partial charge in [-0.25, -0.2) is 4.98 Å². The number of imidazole rings is 1. The lowest BCUT2D eigenvalue weighted by atomic mass is 9.98. The van der Waals surface area contributed by atoms with Gasteiger partial charge in [-0.15, -0.1) is 0 Å². The zero-order chi connectivity index (χ0) is 32.0. The number of rotatable bonds is 10. The Balaban J connectivity index is 1.23. The number of fused-ring (bicyclic) bond motifs is 1. The van der Waals surface area contributed by atoms with Crippen molar-refractivity contribution in [3.05, 3.63) is 126 Å². The molecule has 9 nitrogen and oxygen atoms in total. The van der Waals surface area contributed by atoms with Crippen molar-refractivity contribution < 1.29 is 28.9 Å². The Labute approximate surface area is 267 Å². The predicted molar refractivity (Wildman–Crippen MR) is 173 cm³/mol. The Morgan fingerprint density at radius 1 is 0.935 bits per heavy atom. The van der Waals surface area contributed by atoms with Gasteiger partial charge in [-0.1, -0.05) is 72.8 Å². The lowest BCUT2D eigenvalue weighted by molar-refractivity contribution is -0.252. The maximum absolute atomic E-state index is 12.3. The Bertz CT molecular complexity index is 1820. The van der Waals surface area contributed by atoms with Gasteiger partial charge in [-0.2, -0.15) is 0 Å². The summed E-state index contributed by atoms with van der Waals surface area (Å²) in [4.78, 5) is 28.1. The molecule has 5 aromatic rings. The van der Waals surface area contributed by atoms with Crippen molar-refractivity contribution in [2.24, 2.45) is 0 Å². The van der Waals surface area contributed by atoms with E-state index in [1.54, 1.807) is 6.92 Å². The molecule has 2 N–H and O–H groups in total. The van der Waals surface area contributed by atoms with Gasteiger partial charge in [0, 0.05) is 25.5 Å². The van der Waals surface area contributed by atoms with Gasteiger partial charge in [0.25, 0.3) is 5.91 Å². The molecule has 1 aliphatic heterocycles. The molecule has 1 saturated heterocycles. The first-order valence-electron chi connectivity index (χ1n) is 15.4. The summed E-state index contributed by atoms with van der Waals surface area (Å²) in [7, 11) is 0. The highest BCUT2D eigenvalue weighted by Crippen LogP contribution is 2.39. The molecule has 236 valence electrons. The average molecular weight is 620 g/mol. The SMILES string of the molecule is CC(=O)OC(C)C(=O)NCc1cccc(-c2cccc(C3OC(Cn4cnc5ccccc54)CC(c4ccc(CO)cc4)O3)c2)c1. The first-order chi connectivity index (χ1) is 22.4. The molecular weight excluding hydrogens is 582 g/mol. The molecule has 46 heavy (non-hydrogen) atoms. The molecule has 0 bridgehead atoms. The number of carbonyl (C=O) groups excluding carboxylic acids is 2. The topological polar surface area (TPSA) is 112 Å². The number of aliphatic hydroxyl groups excluding tert-OH is 1. The third-order valence-electron chi connectivity index (χ3n) is 8.14. The van der Waals surface area contributed by atoms with E-state index in [0.717, 1.165) is 44.4 Å². The van der Waals surface area contributed by atoms with Crippen LogP contribution >= 0.6 is 0 Å². The third-order valence-corrected chi connectivity index (χ3v) is 8.14. The molecule has 4 atom stereocenters. The van der Waals surface area contributed by atoms with Gasteiger partial charge in [0.2, 0.25) is 0 Å². The lowest BCUT2D eigenvalue weighted by Gasteiger charge is -2.36. The summed E-state index contributed by atoms with van der Waals surface area (Å²) in [6, 6.07) is 32.0. The van der Waals surface area contributed by atoms with E-state index in [9.17, 15) is 14.7 Å². The third kappa shape index (κ3) is 7.34. The van der Waals surface area contributed by atoms with Crippen LogP contribution in [0.2, 0.25) is 0 Å². The van der Waals surface area contributed by atoms with Gasteiger partial charge >= 0.3 is 5.97 Å². The van der Waals surface area contributed by atoms with Gasteiger partial charge in [0.05, 0.1) is 42.7 Å². The molecule has 0 saturated carbocycles. The smallest absolute Gasteiger partial charge is 0.303 e. The molecule has 1 amide bonds. The summed E-state index contributed by atoms with van der Waals surface area (Å²) in [5, 5.41) is 12.4. The van der Waals surface area contributed by atoms with Crippen LogP contribution in [-0.2, 0) is 43.5 Å². The van der Waals surface area contributed by atoms with Crippen LogP contribution < -0.4 is 5.32 Å². The summed E-state index contributed by atoms with van der Waals surface area (Å²) in [6.07, 6.45) is 0.684. The molecule has 0 spiro atoms. The highest BCUT2D eigenvalue weighted by molar-refractivity contribution is 5.83. The maximum Gasteiger partial charge on any atom is 0.303 e. The first-order valence-corrected chi connectivity index (χ1v) is 15.4. The quantitative estimate of drug-likeness (QED) is 0.184. The number of hydrogen-bond acceptors (Lipinski definition) is 7. The van der Waals surface area contributed by atoms with Crippen molar-refractivity contribution >= 4 is 22.9 Å². The fraction of sp³-hybridized carbons (Fsp3) is 0.270. The van der Waals surface area contributed by atoms with E-state index in [1.165, 1.54) is 6.92 Å². The Kier molecular flexibility index (Phi) is 9.54. The molecule has 1 aromatic heterocycles.